The van der Waals surface area contributed by atoms with E-state index < -0.39 is 21.7 Å². The molecule has 3 unspecified atom stereocenters. The fourth-order valence-electron chi connectivity index (χ4n) is 0.296. The molecule has 0 spiro atoms. The maximum absolute atomic E-state index is 10.1. The zero-order valence-corrected chi connectivity index (χ0v) is 6.68. The number of hydrogen-bond acceptors (Lipinski definition) is 2. The van der Waals surface area contributed by atoms with Crippen molar-refractivity contribution in [1.29, 1.82) is 0 Å². The first kappa shape index (κ1) is 9.12. The summed E-state index contributed by atoms with van der Waals surface area (Å²) in [5.41, 5.74) is -0.575. The Kier molecular flexibility index (Phi) is 4.07. The minimum absolute atomic E-state index is 0.0962. The molecule has 0 aromatic carbocycles. The van der Waals surface area contributed by atoms with E-state index in [0.717, 1.165) is 0 Å². The molecule has 0 aromatic rings. The predicted molar refractivity (Wildman–Crippen MR) is 34.0 cm³/mol. The molecule has 0 aliphatic heterocycles. The molecule has 0 aliphatic rings. The highest BCUT2D eigenvalue weighted by Crippen LogP contribution is 2.28. The average molecular weight is 170 g/mol. The van der Waals surface area contributed by atoms with E-state index in [0.29, 0.717) is 0 Å². The van der Waals surface area contributed by atoms with Crippen molar-refractivity contribution in [3.63, 3.8) is 0 Å². The van der Waals surface area contributed by atoms with E-state index >= 15 is 0 Å². The Labute approximate surface area is 54.6 Å². The minimum atomic E-state index is -2.29. The lowest BCUT2D eigenvalue weighted by Gasteiger charge is -1.80. The third kappa shape index (κ3) is 4.61. The molecule has 0 heterocycles. The fourth-order valence-corrected chi connectivity index (χ4v) is 1.73. The molecule has 4 nitrogen and oxygen atoms in total. The van der Waals surface area contributed by atoms with Gasteiger partial charge < -0.3 is 0 Å². The molecule has 0 rings (SSSR count). The molecule has 0 bridgehead atoms. The predicted octanol–water partition coefficient (Wildman–Crippen LogP) is 0.844. The van der Waals surface area contributed by atoms with Gasteiger partial charge in [0.25, 0.3) is 0 Å². The molecule has 0 saturated carbocycles. The molecule has 0 radical (unpaired) electrons. The maximum Gasteiger partial charge on any atom is 0.513 e. The van der Waals surface area contributed by atoms with Gasteiger partial charge in [0.1, 0.15) is 0 Å². The molecular formula is C3H8O4P2+2. The summed E-state index contributed by atoms with van der Waals surface area (Å²) in [6.45, 7) is 1.46. The van der Waals surface area contributed by atoms with Crippen LogP contribution in [0.2, 0.25) is 0 Å². The molecule has 0 aliphatic carbocycles. The molecule has 3 atom stereocenters. The lowest BCUT2D eigenvalue weighted by Crippen LogP contribution is -1.97. The van der Waals surface area contributed by atoms with Crippen molar-refractivity contribution in [2.45, 2.75) is 12.6 Å². The highest BCUT2D eigenvalue weighted by atomic mass is 31.1. The van der Waals surface area contributed by atoms with Gasteiger partial charge in [-0.15, -0.1) is 0 Å². The van der Waals surface area contributed by atoms with Gasteiger partial charge in [0.15, 0.2) is 0 Å². The Bertz CT molecular complexity index is 134. The van der Waals surface area contributed by atoms with Crippen molar-refractivity contribution < 1.29 is 18.9 Å². The standard InChI is InChI=1S/C3H6O4P2/c1-3(9(6)7)2-8(4)5/h3H,2H2,1H3/p+2. The first-order chi connectivity index (χ1) is 4.04. The van der Waals surface area contributed by atoms with E-state index in [2.05, 4.69) is 0 Å². The van der Waals surface area contributed by atoms with E-state index in [-0.39, 0.29) is 6.16 Å². The van der Waals surface area contributed by atoms with E-state index in [4.69, 9.17) is 9.79 Å². The lowest BCUT2D eigenvalue weighted by atomic mass is 10.6. The summed E-state index contributed by atoms with van der Waals surface area (Å²) in [4.78, 5) is 16.6. The summed E-state index contributed by atoms with van der Waals surface area (Å²) < 4.78 is 20.2. The van der Waals surface area contributed by atoms with Crippen LogP contribution in [0.1, 0.15) is 6.92 Å². The van der Waals surface area contributed by atoms with E-state index in [1.165, 1.54) is 6.92 Å². The average Bonchev–Trinajstić information content (AvgIpc) is 1.63. The Morgan fingerprint density at radius 2 is 1.89 bits per heavy atom. The van der Waals surface area contributed by atoms with Crippen LogP contribution in [-0.2, 0) is 9.13 Å². The SMILES string of the molecule is CC(C[P+](=O)O)[P+](=O)O. The van der Waals surface area contributed by atoms with Crippen LogP contribution in [0.4, 0.5) is 0 Å². The van der Waals surface area contributed by atoms with Crippen LogP contribution >= 0.6 is 16.1 Å². The minimum Gasteiger partial charge on any atom is -0.161 e. The van der Waals surface area contributed by atoms with Crippen molar-refractivity contribution in [3.05, 3.63) is 0 Å². The zero-order chi connectivity index (χ0) is 7.44. The van der Waals surface area contributed by atoms with Gasteiger partial charge in [-0.2, -0.15) is 9.79 Å². The fraction of sp³-hybridized carbons (Fsp3) is 1.00. The molecule has 0 fully saturated rings. The second-order valence-corrected chi connectivity index (χ2v) is 4.24. The second-order valence-electron chi connectivity index (χ2n) is 1.69. The van der Waals surface area contributed by atoms with Crippen LogP contribution in [0.3, 0.4) is 0 Å². The first-order valence-electron chi connectivity index (χ1n) is 2.33. The van der Waals surface area contributed by atoms with Crippen LogP contribution < -0.4 is 0 Å². The van der Waals surface area contributed by atoms with Crippen LogP contribution in [-0.4, -0.2) is 21.6 Å². The van der Waals surface area contributed by atoms with Crippen molar-refractivity contribution >= 4 is 16.1 Å². The van der Waals surface area contributed by atoms with Crippen LogP contribution in [0, 0.1) is 0 Å². The Morgan fingerprint density at radius 1 is 1.44 bits per heavy atom. The monoisotopic (exact) mass is 170 g/mol. The summed E-state index contributed by atoms with van der Waals surface area (Å²) in [6.07, 6.45) is -0.0962. The normalized spacial score (nSPS) is 16.8. The molecule has 0 saturated heterocycles. The van der Waals surface area contributed by atoms with Gasteiger partial charge in [-0.25, -0.2) is 0 Å². The quantitative estimate of drug-likeness (QED) is 0.615. The molecule has 2 N–H and O–H groups in total. The maximum atomic E-state index is 10.1. The van der Waals surface area contributed by atoms with Gasteiger partial charge in [-0.3, -0.25) is 0 Å². The number of rotatable bonds is 3. The summed E-state index contributed by atoms with van der Waals surface area (Å²) in [5.74, 6) is 0. The molecule has 0 aromatic heterocycles. The van der Waals surface area contributed by atoms with Gasteiger partial charge in [-0.1, -0.05) is 0 Å². The molecule has 52 valence electrons. The highest BCUT2D eigenvalue weighted by Gasteiger charge is 2.32. The second kappa shape index (κ2) is 4.02. The molecular weight excluding hydrogens is 162 g/mol. The Balaban J connectivity index is 3.63. The van der Waals surface area contributed by atoms with Crippen LogP contribution in [0.15, 0.2) is 0 Å². The summed E-state index contributed by atoms with van der Waals surface area (Å²) in [5, 5.41) is 0. The van der Waals surface area contributed by atoms with Crippen LogP contribution in [0.5, 0.6) is 0 Å². The summed E-state index contributed by atoms with van der Waals surface area (Å²) in [6, 6.07) is 0. The summed E-state index contributed by atoms with van der Waals surface area (Å²) in [7, 11) is -4.55. The van der Waals surface area contributed by atoms with E-state index in [1.54, 1.807) is 0 Å². The van der Waals surface area contributed by atoms with Gasteiger partial charge in [0.05, 0.1) is 0 Å². The Hall–Kier alpha value is 0.120. The summed E-state index contributed by atoms with van der Waals surface area (Å²) >= 11 is 0. The number of hydrogen-bond donors (Lipinski definition) is 2. The van der Waals surface area contributed by atoms with E-state index in [9.17, 15) is 9.13 Å². The van der Waals surface area contributed by atoms with E-state index in [1.807, 2.05) is 0 Å². The Morgan fingerprint density at radius 3 is 2.00 bits per heavy atom. The largest absolute Gasteiger partial charge is 0.513 e. The van der Waals surface area contributed by atoms with Crippen molar-refractivity contribution in [2.24, 2.45) is 0 Å². The third-order valence-electron chi connectivity index (χ3n) is 0.797. The topological polar surface area (TPSA) is 74.6 Å². The van der Waals surface area contributed by atoms with Gasteiger partial charge in [0, 0.05) is 0 Å². The van der Waals surface area contributed by atoms with Gasteiger partial charge >= 0.3 is 16.1 Å². The highest BCUT2D eigenvalue weighted by molar-refractivity contribution is 7.43. The first-order valence-corrected chi connectivity index (χ1v) is 5.00. The van der Waals surface area contributed by atoms with Crippen molar-refractivity contribution in [3.8, 4) is 0 Å². The third-order valence-corrected chi connectivity index (χ3v) is 2.88. The van der Waals surface area contributed by atoms with Gasteiger partial charge in [0.2, 0.25) is 11.8 Å². The zero-order valence-electron chi connectivity index (χ0n) is 4.89. The molecule has 6 heteroatoms. The smallest absolute Gasteiger partial charge is 0.161 e. The van der Waals surface area contributed by atoms with Gasteiger partial charge in [-0.05, 0) is 16.1 Å². The molecule has 9 heavy (non-hydrogen) atoms. The lowest BCUT2D eigenvalue weighted by molar-refractivity contribution is 0.484. The van der Waals surface area contributed by atoms with Crippen molar-refractivity contribution in [2.75, 3.05) is 6.16 Å². The molecule has 0 amide bonds. The van der Waals surface area contributed by atoms with Crippen molar-refractivity contribution in [1.82, 2.24) is 0 Å². The van der Waals surface area contributed by atoms with Crippen LogP contribution in [0.25, 0.3) is 0 Å².